The highest BCUT2D eigenvalue weighted by Crippen LogP contribution is 2.15. The molecule has 2 heterocycles. The lowest BCUT2D eigenvalue weighted by atomic mass is 10.3. The highest BCUT2D eigenvalue weighted by molar-refractivity contribution is 9.11. The van der Waals surface area contributed by atoms with E-state index in [1.165, 1.54) is 0 Å². The molecule has 4 N–H and O–H groups in total. The smallest absolute Gasteiger partial charge is 0.156 e. The van der Waals surface area contributed by atoms with Crippen LogP contribution in [0.5, 0.6) is 0 Å². The van der Waals surface area contributed by atoms with E-state index in [1.807, 2.05) is 6.07 Å². The topological polar surface area (TPSA) is 90.7 Å². The first-order valence-electron chi connectivity index (χ1n) is 6.46. The molecule has 122 valence electrons. The summed E-state index contributed by atoms with van der Waals surface area (Å²) in [6.07, 6.45) is 3.22. The summed E-state index contributed by atoms with van der Waals surface area (Å²) in [6, 6.07) is 1.90. The molecular weight excluding hydrogens is 506 g/mol. The number of nitrogen functional groups attached to an aromatic ring is 2. The molecule has 0 saturated carbocycles. The normalized spacial score (nSPS) is 10.2. The van der Waals surface area contributed by atoms with Crippen LogP contribution in [0.1, 0.15) is 5.56 Å². The molecule has 2 aromatic rings. The summed E-state index contributed by atoms with van der Waals surface area (Å²) in [7, 11) is -1.34. The fraction of sp³-hybridized carbons (Fsp3) is 0.214. The Morgan fingerprint density at radius 3 is 2.13 bits per heavy atom. The standard InChI is InChI=1S/C10H13BrN2Si.C4H3Br2N3/c1-14(2,3)5-4-8-6-9(11)7-13-10(8)12;5-2-1-8-4(7)3(6)9-2/h6-7H,1-3H3,(H2,12,13);1H,(H2,7,8). The molecular formula is C14H16Br3N5Si. The van der Waals surface area contributed by atoms with Gasteiger partial charge in [-0.15, -0.1) is 5.54 Å². The third-order valence-corrected chi connectivity index (χ3v) is 4.46. The highest BCUT2D eigenvalue weighted by atomic mass is 79.9. The van der Waals surface area contributed by atoms with Gasteiger partial charge in [-0.05, 0) is 53.9 Å². The quantitative estimate of drug-likeness (QED) is 0.400. The predicted octanol–water partition coefficient (Wildman–Crippen LogP) is 4.24. The maximum Gasteiger partial charge on any atom is 0.156 e. The molecule has 0 fully saturated rings. The number of hydrogen-bond acceptors (Lipinski definition) is 5. The summed E-state index contributed by atoms with van der Waals surface area (Å²) in [5.41, 5.74) is 15.1. The van der Waals surface area contributed by atoms with Gasteiger partial charge in [0.2, 0.25) is 0 Å². The first-order valence-corrected chi connectivity index (χ1v) is 12.3. The van der Waals surface area contributed by atoms with Crippen LogP contribution in [0.4, 0.5) is 11.6 Å². The SMILES string of the molecule is C[Si](C)(C)C#Cc1cc(Br)cnc1N.Nc1ncc(Br)nc1Br. The minimum atomic E-state index is -1.34. The third-order valence-electron chi connectivity index (χ3n) is 2.18. The molecule has 0 aliphatic carbocycles. The second-order valence-corrected chi connectivity index (χ2v) is 12.7. The van der Waals surface area contributed by atoms with Gasteiger partial charge in [0.1, 0.15) is 23.1 Å². The van der Waals surface area contributed by atoms with Gasteiger partial charge in [0.25, 0.3) is 0 Å². The minimum absolute atomic E-state index is 0.401. The number of halogens is 3. The monoisotopic (exact) mass is 519 g/mol. The van der Waals surface area contributed by atoms with Gasteiger partial charge in [-0.25, -0.2) is 15.0 Å². The predicted molar refractivity (Wildman–Crippen MR) is 108 cm³/mol. The van der Waals surface area contributed by atoms with E-state index in [0.29, 0.717) is 20.8 Å². The van der Waals surface area contributed by atoms with Crippen molar-refractivity contribution in [3.05, 3.63) is 37.7 Å². The van der Waals surface area contributed by atoms with Crippen LogP contribution < -0.4 is 11.5 Å². The molecule has 0 spiro atoms. The maximum atomic E-state index is 5.70. The molecule has 0 bridgehead atoms. The molecule has 0 radical (unpaired) electrons. The van der Waals surface area contributed by atoms with E-state index in [9.17, 15) is 0 Å². The molecule has 0 unspecified atom stereocenters. The zero-order chi connectivity index (χ0) is 17.6. The van der Waals surface area contributed by atoms with Crippen molar-refractivity contribution >= 4 is 67.5 Å². The molecule has 0 aliphatic heterocycles. The fourth-order valence-electron chi connectivity index (χ4n) is 1.16. The van der Waals surface area contributed by atoms with E-state index in [2.05, 4.69) is 93.8 Å². The summed E-state index contributed by atoms with van der Waals surface area (Å²) >= 11 is 9.60. The van der Waals surface area contributed by atoms with Gasteiger partial charge >= 0.3 is 0 Å². The van der Waals surface area contributed by atoms with Crippen LogP contribution >= 0.6 is 47.8 Å². The molecule has 0 saturated heterocycles. The molecule has 9 heteroatoms. The maximum absolute atomic E-state index is 5.70. The van der Waals surface area contributed by atoms with Crippen molar-refractivity contribution in [3.8, 4) is 11.5 Å². The van der Waals surface area contributed by atoms with Crippen molar-refractivity contribution < 1.29 is 0 Å². The molecule has 0 aliphatic rings. The van der Waals surface area contributed by atoms with Crippen LogP contribution in [0, 0.1) is 11.5 Å². The lowest BCUT2D eigenvalue weighted by molar-refractivity contribution is 1.14. The van der Waals surface area contributed by atoms with E-state index >= 15 is 0 Å². The Hall–Kier alpha value is -0.953. The van der Waals surface area contributed by atoms with Crippen LogP contribution in [0.3, 0.4) is 0 Å². The van der Waals surface area contributed by atoms with Crippen molar-refractivity contribution in [3.63, 3.8) is 0 Å². The summed E-state index contributed by atoms with van der Waals surface area (Å²) in [5.74, 6) is 3.99. The first kappa shape index (κ1) is 20.1. The van der Waals surface area contributed by atoms with Gasteiger partial charge in [0, 0.05) is 10.7 Å². The summed E-state index contributed by atoms with van der Waals surface area (Å²) in [4.78, 5) is 11.7. The third kappa shape index (κ3) is 7.92. The molecule has 0 aromatic carbocycles. The molecule has 5 nitrogen and oxygen atoms in total. The Bertz CT molecular complexity index is 750. The first-order chi connectivity index (χ1) is 10.6. The van der Waals surface area contributed by atoms with E-state index in [1.54, 1.807) is 12.4 Å². The average molecular weight is 522 g/mol. The van der Waals surface area contributed by atoms with Gasteiger partial charge in [-0.3, -0.25) is 0 Å². The van der Waals surface area contributed by atoms with E-state index in [4.69, 9.17) is 11.5 Å². The van der Waals surface area contributed by atoms with Crippen LogP contribution in [-0.4, -0.2) is 23.0 Å². The van der Waals surface area contributed by atoms with Gasteiger partial charge < -0.3 is 11.5 Å². The zero-order valence-corrected chi connectivity index (χ0v) is 18.6. The van der Waals surface area contributed by atoms with Crippen LogP contribution in [0.15, 0.2) is 32.1 Å². The van der Waals surface area contributed by atoms with E-state index in [0.717, 1.165) is 10.0 Å². The number of nitrogens with zero attached hydrogens (tertiary/aromatic N) is 3. The lowest BCUT2D eigenvalue weighted by Gasteiger charge is -2.04. The molecule has 2 aromatic heterocycles. The minimum Gasteiger partial charge on any atom is -0.383 e. The number of pyridine rings is 1. The van der Waals surface area contributed by atoms with E-state index < -0.39 is 8.07 Å². The van der Waals surface area contributed by atoms with Crippen LogP contribution in [-0.2, 0) is 0 Å². The van der Waals surface area contributed by atoms with Crippen molar-refractivity contribution in [2.75, 3.05) is 11.5 Å². The molecule has 0 amide bonds. The Morgan fingerprint density at radius 1 is 1.00 bits per heavy atom. The largest absolute Gasteiger partial charge is 0.383 e. The number of hydrogen-bond donors (Lipinski definition) is 2. The second kappa shape index (κ2) is 8.77. The number of rotatable bonds is 0. The van der Waals surface area contributed by atoms with Gasteiger partial charge in [0.15, 0.2) is 5.82 Å². The zero-order valence-electron chi connectivity index (χ0n) is 12.9. The Morgan fingerprint density at radius 2 is 1.61 bits per heavy atom. The van der Waals surface area contributed by atoms with Gasteiger partial charge in [-0.2, -0.15) is 0 Å². The second-order valence-electron chi connectivity index (χ2n) is 5.46. The summed E-state index contributed by atoms with van der Waals surface area (Å²) < 4.78 is 2.15. The Labute approximate surface area is 162 Å². The van der Waals surface area contributed by atoms with Gasteiger partial charge in [-0.1, -0.05) is 25.6 Å². The van der Waals surface area contributed by atoms with Crippen molar-refractivity contribution in [2.24, 2.45) is 0 Å². The molecule has 23 heavy (non-hydrogen) atoms. The fourth-order valence-corrected chi connectivity index (χ4v) is 2.81. The van der Waals surface area contributed by atoms with Crippen LogP contribution in [0.25, 0.3) is 0 Å². The van der Waals surface area contributed by atoms with E-state index in [-0.39, 0.29) is 0 Å². The van der Waals surface area contributed by atoms with Crippen molar-refractivity contribution in [1.29, 1.82) is 0 Å². The Kier molecular flexibility index (Phi) is 7.67. The molecule has 0 atom stereocenters. The average Bonchev–Trinajstić information content (AvgIpc) is 2.44. The number of aromatic nitrogens is 3. The van der Waals surface area contributed by atoms with Crippen molar-refractivity contribution in [1.82, 2.24) is 15.0 Å². The number of anilines is 2. The lowest BCUT2D eigenvalue weighted by Crippen LogP contribution is -2.16. The van der Waals surface area contributed by atoms with Gasteiger partial charge in [0.05, 0.1) is 11.8 Å². The molecule has 2 rings (SSSR count). The Balaban J connectivity index is 0.000000253. The summed E-state index contributed by atoms with van der Waals surface area (Å²) in [5, 5.41) is 0. The van der Waals surface area contributed by atoms with Crippen LogP contribution in [0.2, 0.25) is 19.6 Å². The number of nitrogens with two attached hydrogens (primary N) is 2. The van der Waals surface area contributed by atoms with Crippen molar-refractivity contribution in [2.45, 2.75) is 19.6 Å². The highest BCUT2D eigenvalue weighted by Gasteiger charge is 2.08. The summed E-state index contributed by atoms with van der Waals surface area (Å²) in [6.45, 7) is 6.59.